The van der Waals surface area contributed by atoms with Gasteiger partial charge in [0.15, 0.2) is 0 Å². The van der Waals surface area contributed by atoms with E-state index < -0.39 is 0 Å². The van der Waals surface area contributed by atoms with Gasteiger partial charge in [0.05, 0.1) is 0 Å². The molecule has 0 radical (unpaired) electrons. The molecule has 1 aliphatic carbocycles. The van der Waals surface area contributed by atoms with E-state index in [1.165, 1.54) is 11.1 Å². The van der Waals surface area contributed by atoms with Crippen molar-refractivity contribution in [2.75, 3.05) is 0 Å². The van der Waals surface area contributed by atoms with Crippen molar-refractivity contribution in [2.45, 2.75) is 12.8 Å². The third-order valence-corrected chi connectivity index (χ3v) is 2.37. The molecule has 0 bridgehead atoms. The Balaban J connectivity index is 2.56. The molecule has 0 atom stereocenters. The zero-order valence-electron chi connectivity index (χ0n) is 6.18. The van der Waals surface area contributed by atoms with Crippen LogP contribution < -0.4 is 0 Å². The Morgan fingerprint density at radius 1 is 1.18 bits per heavy atom. The Hall–Kier alpha value is -0.750. The van der Waals surface area contributed by atoms with Crippen LogP contribution in [0, 0.1) is 0 Å². The second kappa shape index (κ2) is 2.71. The van der Waals surface area contributed by atoms with Gasteiger partial charge in [0.1, 0.15) is 0 Å². The highest BCUT2D eigenvalue weighted by molar-refractivity contribution is 6.49. The molecule has 0 amide bonds. The molecule has 1 aromatic carbocycles. The van der Waals surface area contributed by atoms with Gasteiger partial charge in [-0.15, -0.1) is 0 Å². The van der Waals surface area contributed by atoms with E-state index in [9.17, 15) is 0 Å². The standard InChI is InChI=1S/C10H9Cl/c11-10-7-3-5-8-4-1-2-6-9(8)10/h1-2,4,6-7H,3,5H2. The van der Waals surface area contributed by atoms with Crippen LogP contribution in [0.2, 0.25) is 0 Å². The zero-order valence-corrected chi connectivity index (χ0v) is 6.93. The molecule has 0 nitrogen and oxygen atoms in total. The van der Waals surface area contributed by atoms with E-state index in [0.29, 0.717) is 0 Å². The van der Waals surface area contributed by atoms with Crippen molar-refractivity contribution in [1.29, 1.82) is 0 Å². The highest BCUT2D eigenvalue weighted by Gasteiger charge is 2.08. The van der Waals surface area contributed by atoms with Crippen LogP contribution in [0.3, 0.4) is 0 Å². The zero-order chi connectivity index (χ0) is 7.68. The van der Waals surface area contributed by atoms with Gasteiger partial charge in [0.2, 0.25) is 0 Å². The second-order valence-electron chi connectivity index (χ2n) is 2.75. The van der Waals surface area contributed by atoms with Crippen LogP contribution in [0.4, 0.5) is 0 Å². The van der Waals surface area contributed by atoms with E-state index in [1.54, 1.807) is 0 Å². The van der Waals surface area contributed by atoms with Gasteiger partial charge in [-0.25, -0.2) is 0 Å². The number of fused-ring (bicyclic) bond motifs is 1. The summed E-state index contributed by atoms with van der Waals surface area (Å²) < 4.78 is 0. The lowest BCUT2D eigenvalue weighted by Crippen LogP contribution is -1.95. The molecule has 2 rings (SSSR count). The Morgan fingerprint density at radius 3 is 2.82 bits per heavy atom. The third kappa shape index (κ3) is 1.19. The van der Waals surface area contributed by atoms with E-state index in [2.05, 4.69) is 24.3 Å². The van der Waals surface area contributed by atoms with Crippen LogP contribution in [-0.2, 0) is 6.42 Å². The molecule has 0 N–H and O–H groups in total. The Morgan fingerprint density at radius 2 is 2.00 bits per heavy atom. The van der Waals surface area contributed by atoms with E-state index in [-0.39, 0.29) is 0 Å². The van der Waals surface area contributed by atoms with Crippen molar-refractivity contribution in [2.24, 2.45) is 0 Å². The van der Waals surface area contributed by atoms with Crippen molar-refractivity contribution in [1.82, 2.24) is 0 Å². The summed E-state index contributed by atoms with van der Waals surface area (Å²) in [6, 6.07) is 8.31. The molecular weight excluding hydrogens is 156 g/mol. The molecule has 1 aromatic rings. The van der Waals surface area contributed by atoms with E-state index in [0.717, 1.165) is 17.9 Å². The largest absolute Gasteiger partial charge is 0.0840 e. The number of halogens is 1. The maximum atomic E-state index is 6.01. The lowest BCUT2D eigenvalue weighted by atomic mass is 9.98. The molecular formula is C10H9Cl. The fraction of sp³-hybridized carbons (Fsp3) is 0.200. The SMILES string of the molecule is ClC1=CCCc2ccccc21. The molecule has 0 aromatic heterocycles. The van der Waals surface area contributed by atoms with Gasteiger partial charge >= 0.3 is 0 Å². The summed E-state index contributed by atoms with van der Waals surface area (Å²) in [7, 11) is 0. The maximum Gasteiger partial charge on any atom is 0.0441 e. The van der Waals surface area contributed by atoms with Crippen LogP contribution in [0.1, 0.15) is 17.5 Å². The van der Waals surface area contributed by atoms with Gasteiger partial charge in [-0.3, -0.25) is 0 Å². The number of benzene rings is 1. The molecule has 1 heteroatoms. The second-order valence-corrected chi connectivity index (χ2v) is 3.16. The van der Waals surface area contributed by atoms with Crippen molar-refractivity contribution in [3.63, 3.8) is 0 Å². The molecule has 1 aliphatic rings. The monoisotopic (exact) mass is 164 g/mol. The third-order valence-electron chi connectivity index (χ3n) is 2.01. The quantitative estimate of drug-likeness (QED) is 0.553. The first kappa shape index (κ1) is 6.93. The Bertz CT molecular complexity index is 299. The summed E-state index contributed by atoms with van der Waals surface area (Å²) in [5.74, 6) is 0. The normalized spacial score (nSPS) is 15.5. The van der Waals surface area contributed by atoms with Gasteiger partial charge in [-0.05, 0) is 24.0 Å². The van der Waals surface area contributed by atoms with Crippen LogP contribution >= 0.6 is 11.6 Å². The number of hydrogen-bond acceptors (Lipinski definition) is 0. The Kier molecular flexibility index (Phi) is 1.71. The van der Waals surface area contributed by atoms with Gasteiger partial charge in [0.25, 0.3) is 0 Å². The van der Waals surface area contributed by atoms with Crippen molar-refractivity contribution < 1.29 is 0 Å². The van der Waals surface area contributed by atoms with Gasteiger partial charge in [-0.2, -0.15) is 0 Å². The molecule has 11 heavy (non-hydrogen) atoms. The van der Waals surface area contributed by atoms with E-state index in [4.69, 9.17) is 11.6 Å². The molecule has 56 valence electrons. The fourth-order valence-electron chi connectivity index (χ4n) is 1.44. The summed E-state index contributed by atoms with van der Waals surface area (Å²) >= 11 is 6.01. The molecule has 0 unspecified atom stereocenters. The number of rotatable bonds is 0. The van der Waals surface area contributed by atoms with E-state index >= 15 is 0 Å². The van der Waals surface area contributed by atoms with Crippen molar-refractivity contribution in [3.8, 4) is 0 Å². The predicted molar refractivity (Wildman–Crippen MR) is 48.6 cm³/mol. The lowest BCUT2D eigenvalue weighted by molar-refractivity contribution is 0.983. The van der Waals surface area contributed by atoms with Crippen LogP contribution in [0.25, 0.3) is 5.03 Å². The molecule has 0 heterocycles. The minimum Gasteiger partial charge on any atom is -0.0840 e. The van der Waals surface area contributed by atoms with Crippen LogP contribution in [-0.4, -0.2) is 0 Å². The van der Waals surface area contributed by atoms with Gasteiger partial charge in [0, 0.05) is 5.03 Å². The first-order valence-electron chi connectivity index (χ1n) is 3.82. The first-order valence-corrected chi connectivity index (χ1v) is 4.19. The fourth-order valence-corrected chi connectivity index (χ4v) is 1.73. The smallest absolute Gasteiger partial charge is 0.0441 e. The number of hydrogen-bond donors (Lipinski definition) is 0. The topological polar surface area (TPSA) is 0 Å². The average molecular weight is 165 g/mol. The minimum atomic E-state index is 0.909. The van der Waals surface area contributed by atoms with E-state index in [1.807, 2.05) is 6.07 Å². The summed E-state index contributed by atoms with van der Waals surface area (Å²) in [6.45, 7) is 0. The number of aryl methyl sites for hydroxylation is 1. The highest BCUT2D eigenvalue weighted by Crippen LogP contribution is 2.28. The van der Waals surface area contributed by atoms with Crippen LogP contribution in [0.5, 0.6) is 0 Å². The molecule has 0 spiro atoms. The van der Waals surface area contributed by atoms with Gasteiger partial charge < -0.3 is 0 Å². The van der Waals surface area contributed by atoms with Gasteiger partial charge in [-0.1, -0.05) is 41.9 Å². The minimum absolute atomic E-state index is 0.909. The molecule has 0 aliphatic heterocycles. The summed E-state index contributed by atoms with van der Waals surface area (Å²) in [4.78, 5) is 0. The number of allylic oxidation sites excluding steroid dienone is 1. The molecule has 0 fully saturated rings. The summed E-state index contributed by atoms with van der Waals surface area (Å²) in [5.41, 5.74) is 2.58. The molecule has 0 saturated carbocycles. The molecule has 0 saturated heterocycles. The van der Waals surface area contributed by atoms with Crippen molar-refractivity contribution >= 4 is 16.6 Å². The maximum absolute atomic E-state index is 6.01. The average Bonchev–Trinajstić information content (AvgIpc) is 2.06. The summed E-state index contributed by atoms with van der Waals surface area (Å²) in [5, 5.41) is 0.909. The highest BCUT2D eigenvalue weighted by atomic mass is 35.5. The summed E-state index contributed by atoms with van der Waals surface area (Å²) in [6.07, 6.45) is 4.30. The Labute approximate surface area is 71.5 Å². The first-order chi connectivity index (χ1) is 5.38. The van der Waals surface area contributed by atoms with Crippen LogP contribution in [0.15, 0.2) is 30.3 Å². The lowest BCUT2D eigenvalue weighted by Gasteiger charge is -2.11. The predicted octanol–water partition coefficient (Wildman–Crippen LogP) is 3.21. The van der Waals surface area contributed by atoms with Crippen molar-refractivity contribution in [3.05, 3.63) is 41.5 Å².